The van der Waals surface area contributed by atoms with Crippen LogP contribution in [0, 0.1) is 3.57 Å². The van der Waals surface area contributed by atoms with Gasteiger partial charge in [0.25, 0.3) is 0 Å². The third kappa shape index (κ3) is 5.78. The Balaban J connectivity index is 1.74. The van der Waals surface area contributed by atoms with E-state index >= 15 is 0 Å². The highest BCUT2D eigenvalue weighted by Crippen LogP contribution is 2.35. The molecule has 6 heteroatoms. The summed E-state index contributed by atoms with van der Waals surface area (Å²) in [5, 5.41) is 4.08. The predicted molar refractivity (Wildman–Crippen MR) is 128 cm³/mol. The lowest BCUT2D eigenvalue weighted by molar-refractivity contribution is 0.267. The molecule has 3 aromatic carbocycles. The van der Waals surface area contributed by atoms with E-state index in [4.69, 9.17) is 21.1 Å². The van der Waals surface area contributed by atoms with Crippen LogP contribution in [0.15, 0.2) is 65.1 Å². The zero-order valence-electron chi connectivity index (χ0n) is 15.3. The number of anilines is 1. The van der Waals surface area contributed by atoms with Crippen molar-refractivity contribution in [3.05, 3.63) is 84.9 Å². The molecule has 0 atom stereocenters. The van der Waals surface area contributed by atoms with Gasteiger partial charge in [-0.05, 0) is 86.9 Å². The summed E-state index contributed by atoms with van der Waals surface area (Å²) in [7, 11) is 0. The van der Waals surface area contributed by atoms with Crippen LogP contribution in [0.1, 0.15) is 18.1 Å². The first kappa shape index (κ1) is 21.3. The number of ether oxygens (including phenoxy) is 2. The molecule has 3 aromatic rings. The van der Waals surface area contributed by atoms with Gasteiger partial charge in [-0.25, -0.2) is 0 Å². The molecule has 0 aliphatic carbocycles. The molecule has 1 N–H and O–H groups in total. The van der Waals surface area contributed by atoms with Gasteiger partial charge in [0.15, 0.2) is 11.5 Å². The second-order valence-electron chi connectivity index (χ2n) is 6.09. The minimum atomic E-state index is 0.506. The number of nitrogens with one attached hydrogen (secondary N) is 1. The summed E-state index contributed by atoms with van der Waals surface area (Å²) in [6, 6.07) is 20.1. The van der Waals surface area contributed by atoms with E-state index < -0.39 is 0 Å². The molecule has 28 heavy (non-hydrogen) atoms. The van der Waals surface area contributed by atoms with Crippen LogP contribution in [-0.4, -0.2) is 6.61 Å². The third-order valence-corrected chi connectivity index (χ3v) is 6.05. The Labute approximate surface area is 192 Å². The fourth-order valence-corrected chi connectivity index (χ4v) is 3.92. The van der Waals surface area contributed by atoms with Gasteiger partial charge in [-0.15, -0.1) is 0 Å². The molecule has 0 aromatic heterocycles. The average molecular weight is 573 g/mol. The molecule has 0 fully saturated rings. The van der Waals surface area contributed by atoms with Crippen molar-refractivity contribution in [3.63, 3.8) is 0 Å². The lowest BCUT2D eigenvalue weighted by atomic mass is 10.2. The minimum absolute atomic E-state index is 0.506. The van der Waals surface area contributed by atoms with Crippen molar-refractivity contribution < 1.29 is 9.47 Å². The van der Waals surface area contributed by atoms with Crippen molar-refractivity contribution in [2.45, 2.75) is 20.1 Å². The molecule has 0 unspecified atom stereocenters. The van der Waals surface area contributed by atoms with Crippen LogP contribution < -0.4 is 14.8 Å². The van der Waals surface area contributed by atoms with E-state index in [-0.39, 0.29) is 0 Å². The maximum absolute atomic E-state index is 6.17. The van der Waals surface area contributed by atoms with Gasteiger partial charge in [0.2, 0.25) is 0 Å². The van der Waals surface area contributed by atoms with Gasteiger partial charge in [-0.1, -0.05) is 41.9 Å². The quantitative estimate of drug-likeness (QED) is 0.288. The largest absolute Gasteiger partial charge is 0.490 e. The zero-order chi connectivity index (χ0) is 19.9. The normalized spacial score (nSPS) is 10.6. The fraction of sp³-hybridized carbons (Fsp3) is 0.182. The van der Waals surface area contributed by atoms with E-state index in [0.717, 1.165) is 36.4 Å². The number of hydrogen-bond donors (Lipinski definition) is 1. The van der Waals surface area contributed by atoms with Crippen molar-refractivity contribution in [2.75, 3.05) is 11.9 Å². The first-order valence-electron chi connectivity index (χ1n) is 8.87. The molecule has 0 spiro atoms. The van der Waals surface area contributed by atoms with Gasteiger partial charge in [-0.2, -0.15) is 0 Å². The molecular weight excluding hydrogens is 553 g/mol. The molecule has 0 heterocycles. The second-order valence-corrected chi connectivity index (χ2v) is 8.52. The number of rotatable bonds is 8. The Morgan fingerprint density at radius 3 is 2.50 bits per heavy atom. The monoisotopic (exact) mass is 571 g/mol. The van der Waals surface area contributed by atoms with E-state index in [2.05, 4.69) is 62.0 Å². The van der Waals surface area contributed by atoms with E-state index in [9.17, 15) is 0 Å². The van der Waals surface area contributed by atoms with Gasteiger partial charge in [-0.3, -0.25) is 0 Å². The van der Waals surface area contributed by atoms with Crippen LogP contribution in [0.5, 0.6) is 11.5 Å². The van der Waals surface area contributed by atoms with Crippen molar-refractivity contribution >= 4 is 55.8 Å². The molecule has 0 aliphatic heterocycles. The topological polar surface area (TPSA) is 30.5 Å². The zero-order valence-corrected chi connectivity index (χ0v) is 19.8. The van der Waals surface area contributed by atoms with Crippen molar-refractivity contribution in [2.24, 2.45) is 0 Å². The Kier molecular flexibility index (Phi) is 7.88. The first-order chi connectivity index (χ1) is 13.6. The van der Waals surface area contributed by atoms with Crippen LogP contribution >= 0.6 is 50.1 Å². The van der Waals surface area contributed by atoms with Gasteiger partial charge in [0.1, 0.15) is 6.61 Å². The maximum atomic E-state index is 6.17. The average Bonchev–Trinajstić information content (AvgIpc) is 2.69. The molecule has 0 radical (unpaired) electrons. The molecular formula is C22H20BrClINO2. The van der Waals surface area contributed by atoms with E-state index in [0.29, 0.717) is 24.8 Å². The lowest BCUT2D eigenvalue weighted by Gasteiger charge is -2.16. The van der Waals surface area contributed by atoms with Gasteiger partial charge in [0.05, 0.1) is 15.2 Å². The summed E-state index contributed by atoms with van der Waals surface area (Å²) in [6.07, 6.45) is 0. The molecule has 0 amide bonds. The van der Waals surface area contributed by atoms with Crippen molar-refractivity contribution in [3.8, 4) is 11.5 Å². The molecule has 0 saturated heterocycles. The van der Waals surface area contributed by atoms with Gasteiger partial charge < -0.3 is 14.8 Å². The highest BCUT2D eigenvalue weighted by atomic mass is 127. The van der Waals surface area contributed by atoms with Crippen LogP contribution in [0.25, 0.3) is 0 Å². The summed E-state index contributed by atoms with van der Waals surface area (Å²) < 4.78 is 13.8. The van der Waals surface area contributed by atoms with Gasteiger partial charge in [0, 0.05) is 16.7 Å². The van der Waals surface area contributed by atoms with Crippen LogP contribution in [-0.2, 0) is 13.2 Å². The summed E-state index contributed by atoms with van der Waals surface area (Å²) >= 11 is 11.9. The number of benzene rings is 3. The van der Waals surface area contributed by atoms with E-state index in [1.165, 1.54) is 0 Å². The molecule has 3 nitrogen and oxygen atoms in total. The van der Waals surface area contributed by atoms with Crippen molar-refractivity contribution in [1.82, 2.24) is 0 Å². The Bertz CT molecular complexity index is 937. The SMILES string of the molecule is CCOc1cc(CNc2ccc(Br)c(Cl)c2)cc(I)c1OCc1ccccc1. The smallest absolute Gasteiger partial charge is 0.174 e. The highest BCUT2D eigenvalue weighted by Gasteiger charge is 2.13. The molecule has 0 bridgehead atoms. The molecule has 3 rings (SSSR count). The van der Waals surface area contributed by atoms with Crippen LogP contribution in [0.3, 0.4) is 0 Å². The first-order valence-corrected chi connectivity index (χ1v) is 11.1. The van der Waals surface area contributed by atoms with Crippen molar-refractivity contribution in [1.29, 1.82) is 0 Å². The summed E-state index contributed by atoms with van der Waals surface area (Å²) in [5.74, 6) is 1.54. The standard InChI is InChI=1S/C22H20BrClINO2/c1-2-27-21-11-16(13-26-17-8-9-18(23)19(24)12-17)10-20(25)22(21)28-14-15-6-4-3-5-7-15/h3-12,26H,2,13-14H2,1H3. The minimum Gasteiger partial charge on any atom is -0.490 e. The lowest BCUT2D eigenvalue weighted by Crippen LogP contribution is -2.05. The Morgan fingerprint density at radius 2 is 1.79 bits per heavy atom. The second kappa shape index (κ2) is 10.4. The molecule has 0 aliphatic rings. The molecule has 146 valence electrons. The van der Waals surface area contributed by atoms with E-state index in [1.54, 1.807) is 0 Å². The fourth-order valence-electron chi connectivity index (χ4n) is 2.67. The summed E-state index contributed by atoms with van der Waals surface area (Å²) in [5.41, 5.74) is 3.20. The predicted octanol–water partition coefficient (Wildman–Crippen LogP) is 7.30. The number of halogens is 3. The summed E-state index contributed by atoms with van der Waals surface area (Å²) in [6.45, 7) is 3.72. The molecule has 0 saturated carbocycles. The van der Waals surface area contributed by atoms with Crippen LogP contribution in [0.4, 0.5) is 5.69 Å². The summed E-state index contributed by atoms with van der Waals surface area (Å²) in [4.78, 5) is 0. The Morgan fingerprint density at radius 1 is 1.00 bits per heavy atom. The highest BCUT2D eigenvalue weighted by molar-refractivity contribution is 14.1. The third-order valence-electron chi connectivity index (χ3n) is 4.01. The Hall–Kier alpha value is -1.44. The van der Waals surface area contributed by atoms with E-state index in [1.807, 2.05) is 49.4 Å². The maximum Gasteiger partial charge on any atom is 0.174 e. The number of hydrogen-bond acceptors (Lipinski definition) is 3. The van der Waals surface area contributed by atoms with Gasteiger partial charge >= 0.3 is 0 Å². The van der Waals surface area contributed by atoms with Crippen LogP contribution in [0.2, 0.25) is 5.02 Å².